The first kappa shape index (κ1) is 17.7. The van der Waals surface area contributed by atoms with Gasteiger partial charge in [0.15, 0.2) is 0 Å². The van der Waals surface area contributed by atoms with E-state index in [-0.39, 0.29) is 11.5 Å². The maximum absolute atomic E-state index is 12.9. The maximum Gasteiger partial charge on any atom is 0.265 e. The van der Waals surface area contributed by atoms with Crippen molar-refractivity contribution in [2.24, 2.45) is 0 Å². The normalized spacial score (nSPS) is 10.8. The van der Waals surface area contributed by atoms with Crippen molar-refractivity contribution in [3.8, 4) is 5.69 Å². The summed E-state index contributed by atoms with van der Waals surface area (Å²) in [6.45, 7) is 2.27. The molecule has 0 saturated carbocycles. The molecule has 5 nitrogen and oxygen atoms in total. The number of nitrogens with zero attached hydrogens (tertiary/aromatic N) is 2. The second kappa shape index (κ2) is 7.48. The average Bonchev–Trinajstić information content (AvgIpc) is 2.73. The predicted molar refractivity (Wildman–Crippen MR) is 110 cm³/mol. The fourth-order valence-corrected chi connectivity index (χ4v) is 3.19. The first-order valence-corrected chi connectivity index (χ1v) is 9.04. The van der Waals surface area contributed by atoms with Gasteiger partial charge in [-0.1, -0.05) is 42.5 Å². The molecule has 138 valence electrons. The molecular weight excluding hydrogens is 350 g/mol. The molecule has 0 aliphatic rings. The molecule has 5 heteroatoms. The zero-order valence-electron chi connectivity index (χ0n) is 15.4. The number of carbonyl (C=O) groups excluding carboxylic acids is 1. The van der Waals surface area contributed by atoms with Crippen LogP contribution in [0.4, 0.5) is 0 Å². The minimum atomic E-state index is -0.156. The van der Waals surface area contributed by atoms with E-state index >= 15 is 0 Å². The standard InChI is InChI=1S/C23H19N3O2/c1-16-25-21-10-6-5-9-20(21)23(28)26(16)19-13-11-18(12-14-19)22(27)24-15-17-7-3-2-4-8-17/h2-14H,15H2,1H3,(H,24,27). The van der Waals surface area contributed by atoms with Gasteiger partial charge in [0.25, 0.3) is 11.5 Å². The largest absolute Gasteiger partial charge is 0.348 e. The molecule has 0 aliphatic heterocycles. The molecule has 0 spiro atoms. The molecular formula is C23H19N3O2. The van der Waals surface area contributed by atoms with Crippen LogP contribution in [0.25, 0.3) is 16.6 Å². The van der Waals surface area contributed by atoms with Crippen molar-refractivity contribution < 1.29 is 4.79 Å². The molecule has 1 heterocycles. The zero-order valence-corrected chi connectivity index (χ0v) is 15.4. The van der Waals surface area contributed by atoms with Crippen LogP contribution in [0.1, 0.15) is 21.7 Å². The molecule has 1 N–H and O–H groups in total. The molecule has 1 amide bonds. The van der Waals surface area contributed by atoms with Gasteiger partial charge in [0, 0.05) is 12.1 Å². The molecule has 0 saturated heterocycles. The lowest BCUT2D eigenvalue weighted by molar-refractivity contribution is 0.0951. The summed E-state index contributed by atoms with van der Waals surface area (Å²) in [7, 11) is 0. The van der Waals surface area contributed by atoms with E-state index in [0.717, 1.165) is 5.56 Å². The summed E-state index contributed by atoms with van der Waals surface area (Å²) in [6.07, 6.45) is 0. The summed E-state index contributed by atoms with van der Waals surface area (Å²) >= 11 is 0. The Hall–Kier alpha value is -3.73. The second-order valence-electron chi connectivity index (χ2n) is 6.53. The Morgan fingerprint density at radius 1 is 0.929 bits per heavy atom. The van der Waals surface area contributed by atoms with Crippen LogP contribution >= 0.6 is 0 Å². The van der Waals surface area contributed by atoms with Crippen molar-refractivity contribution in [1.82, 2.24) is 14.9 Å². The quantitative estimate of drug-likeness (QED) is 0.597. The van der Waals surface area contributed by atoms with Gasteiger partial charge in [-0.2, -0.15) is 0 Å². The Morgan fingerprint density at radius 2 is 1.61 bits per heavy atom. The third-order valence-corrected chi connectivity index (χ3v) is 4.63. The molecule has 1 aromatic heterocycles. The van der Waals surface area contributed by atoms with Crippen LogP contribution in [-0.4, -0.2) is 15.5 Å². The minimum absolute atomic E-state index is 0.121. The van der Waals surface area contributed by atoms with Gasteiger partial charge in [-0.25, -0.2) is 4.98 Å². The summed E-state index contributed by atoms with van der Waals surface area (Å²) in [4.78, 5) is 29.8. The highest BCUT2D eigenvalue weighted by molar-refractivity contribution is 5.94. The number of rotatable bonds is 4. The molecule has 0 unspecified atom stereocenters. The highest BCUT2D eigenvalue weighted by Gasteiger charge is 2.11. The van der Waals surface area contributed by atoms with Crippen molar-refractivity contribution in [3.63, 3.8) is 0 Å². The number of para-hydroxylation sites is 1. The molecule has 28 heavy (non-hydrogen) atoms. The lowest BCUT2D eigenvalue weighted by atomic mass is 10.1. The fourth-order valence-electron chi connectivity index (χ4n) is 3.19. The molecule has 4 rings (SSSR count). The lowest BCUT2D eigenvalue weighted by Crippen LogP contribution is -2.24. The first-order valence-electron chi connectivity index (χ1n) is 9.04. The Morgan fingerprint density at radius 3 is 2.36 bits per heavy atom. The van der Waals surface area contributed by atoms with Crippen molar-refractivity contribution in [2.45, 2.75) is 13.5 Å². The van der Waals surface area contributed by atoms with E-state index in [1.54, 1.807) is 41.8 Å². The van der Waals surface area contributed by atoms with E-state index in [2.05, 4.69) is 10.3 Å². The molecule has 0 radical (unpaired) electrons. The first-order chi connectivity index (χ1) is 13.6. The second-order valence-corrected chi connectivity index (χ2v) is 6.53. The summed E-state index contributed by atoms with van der Waals surface area (Å²) in [5.41, 5.74) is 2.82. The van der Waals surface area contributed by atoms with Crippen LogP contribution in [0, 0.1) is 6.92 Å². The van der Waals surface area contributed by atoms with Crippen LogP contribution in [0.5, 0.6) is 0 Å². The van der Waals surface area contributed by atoms with Gasteiger partial charge in [0.2, 0.25) is 0 Å². The number of nitrogens with one attached hydrogen (secondary N) is 1. The summed E-state index contributed by atoms with van der Waals surface area (Å²) in [6, 6.07) is 24.0. The number of hydrogen-bond acceptors (Lipinski definition) is 3. The third kappa shape index (κ3) is 3.42. The molecule has 0 fully saturated rings. The van der Waals surface area contributed by atoms with E-state index in [1.807, 2.05) is 48.5 Å². The number of hydrogen-bond donors (Lipinski definition) is 1. The Kier molecular flexibility index (Phi) is 4.72. The van der Waals surface area contributed by atoms with Gasteiger partial charge in [0.05, 0.1) is 16.6 Å². The summed E-state index contributed by atoms with van der Waals surface area (Å²) in [5.74, 6) is 0.445. The number of fused-ring (bicyclic) bond motifs is 1. The smallest absolute Gasteiger partial charge is 0.265 e. The number of aryl methyl sites for hydroxylation is 1. The fraction of sp³-hybridized carbons (Fsp3) is 0.0870. The highest BCUT2D eigenvalue weighted by Crippen LogP contribution is 2.13. The minimum Gasteiger partial charge on any atom is -0.348 e. The van der Waals surface area contributed by atoms with E-state index < -0.39 is 0 Å². The van der Waals surface area contributed by atoms with Gasteiger partial charge in [-0.05, 0) is 48.9 Å². The maximum atomic E-state index is 12.9. The van der Waals surface area contributed by atoms with Crippen LogP contribution in [0.3, 0.4) is 0 Å². The Labute approximate surface area is 162 Å². The lowest BCUT2D eigenvalue weighted by Gasteiger charge is -2.11. The van der Waals surface area contributed by atoms with Crippen LogP contribution in [-0.2, 0) is 6.54 Å². The molecule has 0 aliphatic carbocycles. The van der Waals surface area contributed by atoms with Crippen molar-refractivity contribution in [2.75, 3.05) is 0 Å². The third-order valence-electron chi connectivity index (χ3n) is 4.63. The van der Waals surface area contributed by atoms with Crippen LogP contribution in [0.2, 0.25) is 0 Å². The SMILES string of the molecule is Cc1nc2ccccc2c(=O)n1-c1ccc(C(=O)NCc2ccccc2)cc1. The van der Waals surface area contributed by atoms with Crippen molar-refractivity contribution >= 4 is 16.8 Å². The molecule has 0 atom stereocenters. The van der Waals surface area contributed by atoms with E-state index in [1.165, 1.54) is 0 Å². The Bertz CT molecular complexity index is 1200. The summed E-state index contributed by atoms with van der Waals surface area (Å²) < 4.78 is 1.56. The van der Waals surface area contributed by atoms with Crippen molar-refractivity contribution in [3.05, 3.63) is 106 Å². The van der Waals surface area contributed by atoms with Crippen LogP contribution in [0.15, 0.2) is 83.7 Å². The average molecular weight is 369 g/mol. The number of amides is 1. The van der Waals surface area contributed by atoms with Crippen LogP contribution < -0.4 is 10.9 Å². The van der Waals surface area contributed by atoms with Gasteiger partial charge in [0.1, 0.15) is 5.82 Å². The van der Waals surface area contributed by atoms with Gasteiger partial charge < -0.3 is 5.32 Å². The van der Waals surface area contributed by atoms with E-state index in [9.17, 15) is 9.59 Å². The number of benzene rings is 3. The van der Waals surface area contributed by atoms with Crippen molar-refractivity contribution in [1.29, 1.82) is 0 Å². The van der Waals surface area contributed by atoms with E-state index in [4.69, 9.17) is 0 Å². The van der Waals surface area contributed by atoms with Gasteiger partial charge in [-0.15, -0.1) is 0 Å². The van der Waals surface area contributed by atoms with Gasteiger partial charge >= 0.3 is 0 Å². The summed E-state index contributed by atoms with van der Waals surface area (Å²) in [5, 5.41) is 3.47. The number of carbonyl (C=O) groups is 1. The molecule has 3 aromatic carbocycles. The monoisotopic (exact) mass is 369 g/mol. The van der Waals surface area contributed by atoms with Gasteiger partial charge in [-0.3, -0.25) is 14.2 Å². The predicted octanol–water partition coefficient (Wildman–Crippen LogP) is 3.62. The Balaban J connectivity index is 1.59. The van der Waals surface area contributed by atoms with E-state index in [0.29, 0.717) is 34.5 Å². The molecule has 0 bridgehead atoms. The topological polar surface area (TPSA) is 64.0 Å². The number of aromatic nitrogens is 2. The molecule has 4 aromatic rings. The zero-order chi connectivity index (χ0) is 19.5. The highest BCUT2D eigenvalue weighted by atomic mass is 16.1.